The Hall–Kier alpha value is -3.50. The molecule has 4 heteroatoms. The lowest BCUT2D eigenvalue weighted by Crippen LogP contribution is -2.07. The summed E-state index contributed by atoms with van der Waals surface area (Å²) in [7, 11) is 0. The van der Waals surface area contributed by atoms with Crippen molar-refractivity contribution in [3.63, 3.8) is 0 Å². The summed E-state index contributed by atoms with van der Waals surface area (Å²) >= 11 is 1.77. The van der Waals surface area contributed by atoms with Crippen molar-refractivity contribution in [3.05, 3.63) is 114 Å². The highest BCUT2D eigenvalue weighted by molar-refractivity contribution is 7.99. The molecule has 5 rings (SSSR count). The van der Waals surface area contributed by atoms with Crippen LogP contribution in [0.3, 0.4) is 0 Å². The average molecular weight is 410 g/mol. The van der Waals surface area contributed by atoms with Gasteiger partial charge in [-0.3, -0.25) is 0 Å². The maximum atomic E-state index is 11.3. The van der Waals surface area contributed by atoms with Gasteiger partial charge >= 0.3 is 5.97 Å². The molecule has 0 spiro atoms. The molecule has 0 atom stereocenters. The number of hydrogen-bond acceptors (Lipinski definition) is 3. The Bertz CT molecular complexity index is 1200. The molecule has 1 heterocycles. The van der Waals surface area contributed by atoms with Gasteiger partial charge in [-0.25, -0.2) is 4.79 Å². The van der Waals surface area contributed by atoms with Crippen molar-refractivity contribution in [1.29, 1.82) is 0 Å². The third kappa shape index (κ3) is 3.46. The van der Waals surface area contributed by atoms with E-state index in [-0.39, 0.29) is 10.8 Å². The number of ether oxygens (including phenoxy) is 1. The van der Waals surface area contributed by atoms with E-state index >= 15 is 0 Å². The fraction of sp³-hybridized carbons (Fsp3) is 0.0385. The van der Waals surface area contributed by atoms with Crippen LogP contribution in [-0.2, 0) is 0 Å². The minimum atomic E-state index is -0.919. The molecule has 1 N–H and O–H groups in total. The highest BCUT2D eigenvalue weighted by Crippen LogP contribution is 2.51. The van der Waals surface area contributed by atoms with Gasteiger partial charge in [0.15, 0.2) is 0 Å². The van der Waals surface area contributed by atoms with E-state index in [1.807, 2.05) is 54.6 Å². The lowest BCUT2D eigenvalue weighted by molar-refractivity contribution is 0.0697. The van der Waals surface area contributed by atoms with Crippen LogP contribution in [0.25, 0.3) is 11.1 Å². The predicted molar refractivity (Wildman–Crippen MR) is 119 cm³/mol. The largest absolute Gasteiger partial charge is 0.478 e. The van der Waals surface area contributed by atoms with Crippen LogP contribution >= 0.6 is 11.8 Å². The number of carboxylic acid groups (broad SMARTS) is 1. The second kappa shape index (κ2) is 7.73. The predicted octanol–water partition coefficient (Wildman–Crippen LogP) is 7.04. The number of para-hydroxylation sites is 2. The number of rotatable bonds is 4. The minimum absolute atomic E-state index is 0.117. The minimum Gasteiger partial charge on any atom is -0.478 e. The monoisotopic (exact) mass is 410 g/mol. The number of thioether (sulfide) groups is 1. The van der Waals surface area contributed by atoms with Crippen LogP contribution in [0.4, 0.5) is 0 Å². The summed E-state index contributed by atoms with van der Waals surface area (Å²) < 4.78 is 6.11. The van der Waals surface area contributed by atoms with Crippen LogP contribution in [0.15, 0.2) is 102 Å². The lowest BCUT2D eigenvalue weighted by atomic mass is 10.00. The summed E-state index contributed by atoms with van der Waals surface area (Å²) in [5.41, 5.74) is 4.48. The van der Waals surface area contributed by atoms with Crippen LogP contribution in [0.1, 0.15) is 26.7 Å². The molecule has 0 aromatic heterocycles. The topological polar surface area (TPSA) is 46.5 Å². The van der Waals surface area contributed by atoms with E-state index in [9.17, 15) is 9.90 Å². The molecule has 0 fully saturated rings. The molecule has 4 aromatic rings. The van der Waals surface area contributed by atoms with E-state index in [4.69, 9.17) is 4.74 Å². The van der Waals surface area contributed by atoms with Crippen molar-refractivity contribution in [2.45, 2.75) is 10.1 Å². The van der Waals surface area contributed by atoms with Crippen LogP contribution in [-0.4, -0.2) is 11.1 Å². The summed E-state index contributed by atoms with van der Waals surface area (Å²) in [6, 6.07) is 31.6. The molecule has 0 bridgehead atoms. The molecule has 30 heavy (non-hydrogen) atoms. The SMILES string of the molecule is O=C(O)c1cccc(-c2cccc(SC3c4ccccc4Oc4ccccc43)c2)c1. The Morgan fingerprint density at radius 1 is 0.733 bits per heavy atom. The number of aromatic carboxylic acids is 1. The van der Waals surface area contributed by atoms with Crippen LogP contribution < -0.4 is 4.74 Å². The van der Waals surface area contributed by atoms with Crippen molar-refractivity contribution in [3.8, 4) is 22.6 Å². The normalized spacial score (nSPS) is 12.5. The summed E-state index contributed by atoms with van der Waals surface area (Å²) in [4.78, 5) is 12.4. The first-order valence-electron chi connectivity index (χ1n) is 9.65. The van der Waals surface area contributed by atoms with Crippen LogP contribution in [0.2, 0.25) is 0 Å². The lowest BCUT2D eigenvalue weighted by Gasteiger charge is -2.27. The zero-order valence-corrected chi connectivity index (χ0v) is 16.8. The third-order valence-corrected chi connectivity index (χ3v) is 6.42. The molecule has 0 radical (unpaired) electrons. The van der Waals surface area contributed by atoms with Crippen molar-refractivity contribution in [2.24, 2.45) is 0 Å². The fourth-order valence-corrected chi connectivity index (χ4v) is 4.98. The zero-order valence-electron chi connectivity index (χ0n) is 16.0. The average Bonchev–Trinajstić information content (AvgIpc) is 2.79. The Balaban J connectivity index is 1.53. The number of fused-ring (bicyclic) bond motifs is 2. The van der Waals surface area contributed by atoms with Gasteiger partial charge in [0, 0.05) is 16.0 Å². The molecule has 0 unspecified atom stereocenters. The van der Waals surface area contributed by atoms with Crippen molar-refractivity contribution in [2.75, 3.05) is 0 Å². The number of carboxylic acids is 1. The molecule has 1 aliphatic rings. The standard InChI is InChI=1S/C26H18O3S/c27-26(28)19-9-5-7-17(15-19)18-8-6-10-20(16-18)30-25-21-11-1-3-13-23(21)29-24-14-4-2-12-22(24)25/h1-16,25H,(H,27,28). The molecule has 4 aromatic carbocycles. The summed E-state index contributed by atoms with van der Waals surface area (Å²) in [5.74, 6) is 0.857. The molecule has 146 valence electrons. The fourth-order valence-electron chi connectivity index (χ4n) is 3.71. The van der Waals surface area contributed by atoms with Gasteiger partial charge in [-0.05, 0) is 47.5 Å². The molecule has 0 aliphatic carbocycles. The second-order valence-electron chi connectivity index (χ2n) is 7.09. The van der Waals surface area contributed by atoms with Crippen molar-refractivity contribution < 1.29 is 14.6 Å². The Kier molecular flexibility index (Phi) is 4.77. The van der Waals surface area contributed by atoms with Gasteiger partial charge in [-0.15, -0.1) is 11.8 Å². The van der Waals surface area contributed by atoms with Gasteiger partial charge in [0.05, 0.1) is 10.8 Å². The number of benzene rings is 4. The molecular formula is C26H18O3S. The molecular weight excluding hydrogens is 392 g/mol. The first-order chi connectivity index (χ1) is 14.7. The Morgan fingerprint density at radius 3 is 2.00 bits per heavy atom. The summed E-state index contributed by atoms with van der Waals surface area (Å²) in [5, 5.41) is 9.41. The second-order valence-corrected chi connectivity index (χ2v) is 8.27. The highest BCUT2D eigenvalue weighted by atomic mass is 32.2. The van der Waals surface area contributed by atoms with E-state index in [0.717, 1.165) is 38.6 Å². The first kappa shape index (κ1) is 18.5. The Labute approximate surface area is 179 Å². The van der Waals surface area contributed by atoms with Gasteiger partial charge in [-0.2, -0.15) is 0 Å². The number of hydrogen-bond donors (Lipinski definition) is 1. The summed E-state index contributed by atoms with van der Waals surface area (Å²) in [6.45, 7) is 0. The smallest absolute Gasteiger partial charge is 0.335 e. The first-order valence-corrected chi connectivity index (χ1v) is 10.5. The van der Waals surface area contributed by atoms with E-state index < -0.39 is 5.97 Å². The summed E-state index contributed by atoms with van der Waals surface area (Å²) in [6.07, 6.45) is 0. The van der Waals surface area contributed by atoms with Gasteiger partial charge in [-0.1, -0.05) is 60.7 Å². The van der Waals surface area contributed by atoms with E-state index in [0.29, 0.717) is 0 Å². The zero-order chi connectivity index (χ0) is 20.5. The van der Waals surface area contributed by atoms with E-state index in [1.54, 1.807) is 30.0 Å². The molecule has 0 saturated carbocycles. The van der Waals surface area contributed by atoms with E-state index in [1.165, 1.54) is 0 Å². The molecule has 1 aliphatic heterocycles. The molecule has 0 amide bonds. The molecule has 3 nitrogen and oxygen atoms in total. The maximum absolute atomic E-state index is 11.3. The maximum Gasteiger partial charge on any atom is 0.335 e. The number of carbonyl (C=O) groups is 1. The van der Waals surface area contributed by atoms with Crippen molar-refractivity contribution >= 4 is 17.7 Å². The highest BCUT2D eigenvalue weighted by Gasteiger charge is 2.27. The van der Waals surface area contributed by atoms with Crippen molar-refractivity contribution in [1.82, 2.24) is 0 Å². The van der Waals surface area contributed by atoms with Gasteiger partial charge in [0.1, 0.15) is 11.5 Å². The van der Waals surface area contributed by atoms with Gasteiger partial charge in [0.25, 0.3) is 0 Å². The Morgan fingerprint density at radius 2 is 1.33 bits per heavy atom. The van der Waals surface area contributed by atoms with Gasteiger partial charge in [0.2, 0.25) is 0 Å². The van der Waals surface area contributed by atoms with Gasteiger partial charge < -0.3 is 9.84 Å². The quantitative estimate of drug-likeness (QED) is 0.392. The van der Waals surface area contributed by atoms with Crippen LogP contribution in [0.5, 0.6) is 11.5 Å². The molecule has 0 saturated heterocycles. The van der Waals surface area contributed by atoms with E-state index in [2.05, 4.69) is 24.3 Å². The van der Waals surface area contributed by atoms with Crippen LogP contribution in [0, 0.1) is 0 Å². The third-order valence-electron chi connectivity index (χ3n) is 5.15.